The van der Waals surface area contributed by atoms with Gasteiger partial charge in [-0.3, -0.25) is 0 Å². The van der Waals surface area contributed by atoms with E-state index < -0.39 is 5.97 Å². The summed E-state index contributed by atoms with van der Waals surface area (Å²) in [4.78, 5) is 11.4. The van der Waals surface area contributed by atoms with Gasteiger partial charge in [-0.2, -0.15) is 5.10 Å². The van der Waals surface area contributed by atoms with Crippen LogP contribution in [-0.4, -0.2) is 46.7 Å². The van der Waals surface area contributed by atoms with Crippen LogP contribution in [-0.2, 0) is 16.1 Å². The van der Waals surface area contributed by atoms with Gasteiger partial charge in [0, 0.05) is 0 Å². The molecule has 0 aliphatic rings. The van der Waals surface area contributed by atoms with Crippen molar-refractivity contribution in [1.29, 1.82) is 0 Å². The highest BCUT2D eigenvalue weighted by Crippen LogP contribution is 2.28. The van der Waals surface area contributed by atoms with Crippen molar-refractivity contribution in [2.75, 3.05) is 34.5 Å². The Hall–Kier alpha value is -3.42. The Morgan fingerprint density at radius 1 is 0.966 bits per heavy atom. The standard InChI is InChI=1S/C21H26N2O6/c1-5-28-21(24)14-29-18-9-7-16(11-20(18)27-4)13-23-22-12-15-6-8-17(25-2)19(10-15)26-3/h6-11,13,22H,5,12,14H2,1-4H3/b23-13+. The van der Waals surface area contributed by atoms with Gasteiger partial charge in [-0.1, -0.05) is 6.07 Å². The second-order valence-corrected chi connectivity index (χ2v) is 5.79. The number of ether oxygens (including phenoxy) is 5. The molecule has 0 aliphatic carbocycles. The number of hydrogen-bond donors (Lipinski definition) is 1. The van der Waals surface area contributed by atoms with E-state index in [-0.39, 0.29) is 6.61 Å². The maximum Gasteiger partial charge on any atom is 0.344 e. The second kappa shape index (κ2) is 11.4. The lowest BCUT2D eigenvalue weighted by atomic mass is 10.2. The lowest BCUT2D eigenvalue weighted by Gasteiger charge is -2.11. The number of nitrogens with zero attached hydrogens (tertiary/aromatic N) is 1. The van der Waals surface area contributed by atoms with Gasteiger partial charge in [0.15, 0.2) is 29.6 Å². The first-order valence-electron chi connectivity index (χ1n) is 9.04. The van der Waals surface area contributed by atoms with Crippen molar-refractivity contribution >= 4 is 12.2 Å². The largest absolute Gasteiger partial charge is 0.493 e. The minimum atomic E-state index is -0.431. The number of methoxy groups -OCH3 is 3. The summed E-state index contributed by atoms with van der Waals surface area (Å²) in [6.45, 7) is 2.40. The number of carbonyl (C=O) groups is 1. The zero-order valence-electron chi connectivity index (χ0n) is 17.1. The average molecular weight is 402 g/mol. The first-order chi connectivity index (χ1) is 14.1. The lowest BCUT2D eigenvalue weighted by Crippen LogP contribution is -2.14. The van der Waals surface area contributed by atoms with Crippen LogP contribution >= 0.6 is 0 Å². The highest BCUT2D eigenvalue weighted by molar-refractivity contribution is 5.80. The van der Waals surface area contributed by atoms with E-state index in [4.69, 9.17) is 23.7 Å². The zero-order valence-corrected chi connectivity index (χ0v) is 17.1. The Balaban J connectivity index is 1.94. The first-order valence-corrected chi connectivity index (χ1v) is 9.04. The van der Waals surface area contributed by atoms with Crippen LogP contribution in [0.4, 0.5) is 0 Å². The SMILES string of the molecule is CCOC(=O)COc1ccc(/C=N/NCc2ccc(OC)c(OC)c2)cc1OC. The van der Waals surface area contributed by atoms with Crippen molar-refractivity contribution in [3.63, 3.8) is 0 Å². The molecule has 0 heterocycles. The Bertz CT molecular complexity index is 838. The predicted octanol–water partition coefficient (Wildman–Crippen LogP) is 2.78. The minimum Gasteiger partial charge on any atom is -0.493 e. The van der Waals surface area contributed by atoms with Gasteiger partial charge in [0.2, 0.25) is 0 Å². The summed E-state index contributed by atoms with van der Waals surface area (Å²) in [5.41, 5.74) is 4.80. The molecule has 2 aromatic carbocycles. The molecule has 0 aliphatic heterocycles. The van der Waals surface area contributed by atoms with Crippen molar-refractivity contribution < 1.29 is 28.5 Å². The predicted molar refractivity (Wildman–Crippen MR) is 109 cm³/mol. The summed E-state index contributed by atoms with van der Waals surface area (Å²) in [6, 6.07) is 11.0. The van der Waals surface area contributed by atoms with E-state index in [1.807, 2.05) is 24.3 Å². The number of benzene rings is 2. The Morgan fingerprint density at radius 3 is 2.34 bits per heavy atom. The highest BCUT2D eigenvalue weighted by atomic mass is 16.6. The van der Waals surface area contributed by atoms with E-state index >= 15 is 0 Å². The van der Waals surface area contributed by atoms with Crippen LogP contribution in [0.1, 0.15) is 18.1 Å². The third-order valence-electron chi connectivity index (χ3n) is 3.87. The van der Waals surface area contributed by atoms with Crippen LogP contribution < -0.4 is 24.4 Å². The normalized spacial score (nSPS) is 10.5. The number of rotatable bonds is 11. The molecule has 0 atom stereocenters. The molecule has 0 saturated heterocycles. The quantitative estimate of drug-likeness (QED) is 0.351. The fourth-order valence-electron chi connectivity index (χ4n) is 2.47. The molecular weight excluding hydrogens is 376 g/mol. The smallest absolute Gasteiger partial charge is 0.344 e. The van der Waals surface area contributed by atoms with Gasteiger partial charge in [-0.05, 0) is 48.4 Å². The molecule has 1 N–H and O–H groups in total. The summed E-state index contributed by atoms with van der Waals surface area (Å²) in [5, 5.41) is 4.22. The Labute approximate surface area is 170 Å². The van der Waals surface area contributed by atoms with E-state index in [1.54, 1.807) is 39.5 Å². The molecule has 0 amide bonds. The number of hydrazone groups is 1. The molecule has 0 saturated carbocycles. The summed E-state index contributed by atoms with van der Waals surface area (Å²) in [6.07, 6.45) is 1.67. The van der Waals surface area contributed by atoms with Crippen LogP contribution in [0.5, 0.6) is 23.0 Å². The molecule has 2 rings (SSSR count). The molecule has 29 heavy (non-hydrogen) atoms. The molecule has 0 aromatic heterocycles. The van der Waals surface area contributed by atoms with Gasteiger partial charge in [0.1, 0.15) is 0 Å². The summed E-state index contributed by atoms with van der Waals surface area (Å²) >= 11 is 0. The average Bonchev–Trinajstić information content (AvgIpc) is 2.75. The number of carbonyl (C=O) groups excluding carboxylic acids is 1. The van der Waals surface area contributed by atoms with E-state index in [0.717, 1.165) is 11.1 Å². The number of nitrogens with one attached hydrogen (secondary N) is 1. The molecule has 0 bridgehead atoms. The van der Waals surface area contributed by atoms with Gasteiger partial charge < -0.3 is 29.1 Å². The van der Waals surface area contributed by atoms with E-state index in [1.165, 1.54) is 7.11 Å². The molecule has 0 fully saturated rings. The van der Waals surface area contributed by atoms with Gasteiger partial charge in [-0.25, -0.2) is 4.79 Å². The van der Waals surface area contributed by atoms with Crippen molar-refractivity contribution in [2.24, 2.45) is 5.10 Å². The molecule has 8 nitrogen and oxygen atoms in total. The van der Waals surface area contributed by atoms with Crippen molar-refractivity contribution in [1.82, 2.24) is 5.43 Å². The third-order valence-corrected chi connectivity index (χ3v) is 3.87. The number of hydrogen-bond acceptors (Lipinski definition) is 8. The zero-order chi connectivity index (χ0) is 21.1. The van der Waals surface area contributed by atoms with Crippen molar-refractivity contribution in [2.45, 2.75) is 13.5 Å². The molecule has 8 heteroatoms. The van der Waals surface area contributed by atoms with E-state index in [2.05, 4.69) is 10.5 Å². The molecule has 2 aromatic rings. The minimum absolute atomic E-state index is 0.176. The van der Waals surface area contributed by atoms with Gasteiger partial charge in [-0.15, -0.1) is 0 Å². The van der Waals surface area contributed by atoms with Crippen LogP contribution in [0.15, 0.2) is 41.5 Å². The number of esters is 1. The topological polar surface area (TPSA) is 87.6 Å². The van der Waals surface area contributed by atoms with E-state index in [9.17, 15) is 4.79 Å². The lowest BCUT2D eigenvalue weighted by molar-refractivity contribution is -0.145. The summed E-state index contributed by atoms with van der Waals surface area (Å²) < 4.78 is 26.1. The van der Waals surface area contributed by atoms with Crippen molar-refractivity contribution in [3.05, 3.63) is 47.5 Å². The van der Waals surface area contributed by atoms with Gasteiger partial charge in [0.25, 0.3) is 0 Å². The maximum atomic E-state index is 11.4. The maximum absolute atomic E-state index is 11.4. The van der Waals surface area contributed by atoms with Crippen LogP contribution in [0.3, 0.4) is 0 Å². The monoisotopic (exact) mass is 402 g/mol. The third kappa shape index (κ3) is 6.60. The van der Waals surface area contributed by atoms with Gasteiger partial charge in [0.05, 0.1) is 40.7 Å². The van der Waals surface area contributed by atoms with Crippen LogP contribution in [0.2, 0.25) is 0 Å². The fraction of sp³-hybridized carbons (Fsp3) is 0.333. The Morgan fingerprint density at radius 2 is 1.66 bits per heavy atom. The van der Waals surface area contributed by atoms with Gasteiger partial charge >= 0.3 is 5.97 Å². The Kier molecular flexibility index (Phi) is 8.62. The van der Waals surface area contributed by atoms with Crippen molar-refractivity contribution in [3.8, 4) is 23.0 Å². The first kappa shape index (κ1) is 21.9. The summed E-state index contributed by atoms with van der Waals surface area (Å²) in [7, 11) is 4.73. The fourth-order valence-corrected chi connectivity index (χ4v) is 2.47. The van der Waals surface area contributed by atoms with E-state index in [0.29, 0.717) is 36.1 Å². The molecular formula is C21H26N2O6. The molecule has 0 spiro atoms. The van der Waals surface area contributed by atoms with Crippen LogP contribution in [0.25, 0.3) is 0 Å². The summed E-state index contributed by atoms with van der Waals surface area (Å²) in [5.74, 6) is 1.87. The molecule has 0 unspecified atom stereocenters. The highest BCUT2D eigenvalue weighted by Gasteiger charge is 2.09. The molecule has 156 valence electrons. The van der Waals surface area contributed by atoms with Crippen LogP contribution in [0, 0.1) is 0 Å². The molecule has 0 radical (unpaired) electrons. The second-order valence-electron chi connectivity index (χ2n) is 5.79.